The van der Waals surface area contributed by atoms with E-state index in [0.29, 0.717) is 6.54 Å². The molecule has 0 bridgehead atoms. The number of nitrogens with one attached hydrogen (secondary N) is 1. The van der Waals surface area contributed by atoms with E-state index < -0.39 is 0 Å². The Kier molecular flexibility index (Phi) is 5.79. The lowest BCUT2D eigenvalue weighted by Gasteiger charge is -2.17. The molecule has 0 fully saturated rings. The molecule has 0 aliphatic heterocycles. The maximum atomic E-state index is 13.3. The van der Waals surface area contributed by atoms with Crippen LogP contribution in [0.5, 0.6) is 5.75 Å². The van der Waals surface area contributed by atoms with Gasteiger partial charge < -0.3 is 10.1 Å². The number of hydrogen-bond acceptors (Lipinski definition) is 2. The van der Waals surface area contributed by atoms with Gasteiger partial charge in [0.25, 0.3) is 0 Å². The first kappa shape index (κ1) is 16.5. The fraction of sp³-hybridized carbons (Fsp3) is 0.250. The summed E-state index contributed by atoms with van der Waals surface area (Å²) in [4.78, 5) is 0. The minimum absolute atomic E-state index is 0.0446. The Bertz CT molecular complexity index is 634. The molecule has 0 heterocycles. The van der Waals surface area contributed by atoms with Gasteiger partial charge in [0, 0.05) is 22.6 Å². The first-order valence-corrected chi connectivity index (χ1v) is 8.10. The summed E-state index contributed by atoms with van der Waals surface area (Å²) < 4.78 is 20.6. The van der Waals surface area contributed by atoms with Crippen LogP contribution in [0.3, 0.4) is 0 Å². The highest BCUT2D eigenvalue weighted by atomic mass is 79.9. The van der Waals surface area contributed by atoms with Gasteiger partial charge in [-0.1, -0.05) is 28.1 Å². The van der Waals surface area contributed by atoms with E-state index in [1.54, 1.807) is 19.2 Å². The molecule has 0 spiro atoms. The Labute approximate surface area is 141 Å². The van der Waals surface area contributed by atoms with Gasteiger partial charge in [0.15, 0.2) is 0 Å². The van der Waals surface area contributed by atoms with Crippen molar-refractivity contribution in [1.29, 1.82) is 0 Å². The molecule has 0 aromatic heterocycles. The summed E-state index contributed by atoms with van der Waals surface area (Å²) in [5.41, 5.74) is 1.95. The van der Waals surface area contributed by atoms with Gasteiger partial charge in [-0.25, -0.2) is 4.39 Å². The molecule has 1 atom stereocenters. The Morgan fingerprint density at radius 2 is 2.00 bits per heavy atom. The molecule has 2 rings (SSSR count). The van der Waals surface area contributed by atoms with E-state index in [2.05, 4.69) is 37.2 Å². The third-order valence-electron chi connectivity index (χ3n) is 3.24. The maximum Gasteiger partial charge on any atom is 0.137 e. The first-order chi connectivity index (χ1) is 10.0. The molecule has 5 heteroatoms. The molecule has 0 aliphatic carbocycles. The molecular formula is C16H16Br2FNO. The van der Waals surface area contributed by atoms with Gasteiger partial charge in [-0.2, -0.15) is 0 Å². The molecule has 0 amide bonds. The van der Waals surface area contributed by atoms with E-state index in [-0.39, 0.29) is 11.9 Å². The molecule has 2 aromatic carbocycles. The molecule has 21 heavy (non-hydrogen) atoms. The summed E-state index contributed by atoms with van der Waals surface area (Å²) in [6, 6.07) is 10.6. The van der Waals surface area contributed by atoms with E-state index >= 15 is 0 Å². The predicted molar refractivity (Wildman–Crippen MR) is 90.0 cm³/mol. The van der Waals surface area contributed by atoms with Crippen LogP contribution in [-0.4, -0.2) is 7.11 Å². The van der Waals surface area contributed by atoms with Crippen molar-refractivity contribution in [3.8, 4) is 5.75 Å². The number of halogens is 3. The van der Waals surface area contributed by atoms with Gasteiger partial charge in [-0.3, -0.25) is 0 Å². The van der Waals surface area contributed by atoms with Crippen molar-refractivity contribution in [2.24, 2.45) is 0 Å². The quantitative estimate of drug-likeness (QED) is 0.722. The van der Waals surface area contributed by atoms with Gasteiger partial charge in [0.2, 0.25) is 0 Å². The molecule has 0 saturated heterocycles. The smallest absolute Gasteiger partial charge is 0.137 e. The van der Waals surface area contributed by atoms with E-state index in [4.69, 9.17) is 4.74 Å². The van der Waals surface area contributed by atoms with Crippen LogP contribution in [0.2, 0.25) is 0 Å². The molecule has 1 N–H and O–H groups in total. The summed E-state index contributed by atoms with van der Waals surface area (Å²) in [6.07, 6.45) is 0. The van der Waals surface area contributed by atoms with Crippen molar-refractivity contribution in [3.63, 3.8) is 0 Å². The lowest BCUT2D eigenvalue weighted by atomic mass is 10.1. The lowest BCUT2D eigenvalue weighted by molar-refractivity contribution is 0.403. The molecule has 2 aromatic rings. The van der Waals surface area contributed by atoms with E-state index in [1.165, 1.54) is 6.07 Å². The first-order valence-electron chi connectivity index (χ1n) is 6.52. The van der Waals surface area contributed by atoms with Crippen LogP contribution in [0, 0.1) is 5.82 Å². The molecule has 0 unspecified atom stereocenters. The van der Waals surface area contributed by atoms with Crippen LogP contribution in [-0.2, 0) is 6.54 Å². The van der Waals surface area contributed by atoms with Crippen LogP contribution in [0.25, 0.3) is 0 Å². The van der Waals surface area contributed by atoms with Crippen LogP contribution in [0.15, 0.2) is 45.3 Å². The number of ether oxygens (including phenoxy) is 1. The Balaban J connectivity index is 2.13. The lowest BCUT2D eigenvalue weighted by Crippen LogP contribution is -2.18. The molecular weight excluding hydrogens is 401 g/mol. The predicted octanol–water partition coefficient (Wildman–Crippen LogP) is 5.21. The fourth-order valence-corrected chi connectivity index (χ4v) is 3.61. The standard InChI is InChI=1S/C16H16Br2FNO/c1-10(11-4-3-5-14(19)7-11)20-9-12-6-13(17)8-15(18)16(12)21-2/h3-8,10,20H,9H2,1-2H3/t10-/m1/s1. The maximum absolute atomic E-state index is 13.3. The summed E-state index contributed by atoms with van der Waals surface area (Å²) in [5.74, 6) is 0.584. The summed E-state index contributed by atoms with van der Waals surface area (Å²) >= 11 is 6.96. The second-order valence-corrected chi connectivity index (χ2v) is 6.51. The number of hydrogen-bond donors (Lipinski definition) is 1. The zero-order valence-corrected chi connectivity index (χ0v) is 15.0. The van der Waals surface area contributed by atoms with E-state index in [9.17, 15) is 4.39 Å². The molecule has 112 valence electrons. The van der Waals surface area contributed by atoms with Crippen molar-refractivity contribution in [2.75, 3.05) is 7.11 Å². The largest absolute Gasteiger partial charge is 0.495 e. The van der Waals surface area contributed by atoms with Crippen molar-refractivity contribution in [2.45, 2.75) is 19.5 Å². The molecule has 0 saturated carbocycles. The second-order valence-electron chi connectivity index (χ2n) is 4.74. The highest BCUT2D eigenvalue weighted by Gasteiger charge is 2.11. The van der Waals surface area contributed by atoms with Gasteiger partial charge in [-0.15, -0.1) is 0 Å². The topological polar surface area (TPSA) is 21.3 Å². The zero-order chi connectivity index (χ0) is 15.4. The summed E-state index contributed by atoms with van der Waals surface area (Å²) in [5, 5.41) is 3.38. The number of rotatable bonds is 5. The average molecular weight is 417 g/mol. The van der Waals surface area contributed by atoms with E-state index in [1.807, 2.05) is 25.1 Å². The monoisotopic (exact) mass is 415 g/mol. The van der Waals surface area contributed by atoms with Gasteiger partial charge in [0.1, 0.15) is 11.6 Å². The Morgan fingerprint density at radius 1 is 1.24 bits per heavy atom. The zero-order valence-electron chi connectivity index (χ0n) is 11.8. The summed E-state index contributed by atoms with van der Waals surface area (Å²) in [7, 11) is 1.65. The van der Waals surface area contributed by atoms with Crippen LogP contribution < -0.4 is 10.1 Å². The highest BCUT2D eigenvalue weighted by molar-refractivity contribution is 9.11. The number of benzene rings is 2. The Morgan fingerprint density at radius 3 is 2.67 bits per heavy atom. The normalized spacial score (nSPS) is 12.2. The van der Waals surface area contributed by atoms with Crippen LogP contribution in [0.4, 0.5) is 4.39 Å². The average Bonchev–Trinajstić information content (AvgIpc) is 2.44. The second kappa shape index (κ2) is 7.38. The van der Waals surface area contributed by atoms with Crippen LogP contribution >= 0.6 is 31.9 Å². The minimum Gasteiger partial charge on any atom is -0.495 e. The minimum atomic E-state index is -0.219. The van der Waals surface area contributed by atoms with Gasteiger partial charge in [0.05, 0.1) is 11.6 Å². The van der Waals surface area contributed by atoms with Gasteiger partial charge in [-0.05, 0) is 52.7 Å². The molecule has 0 aliphatic rings. The van der Waals surface area contributed by atoms with Crippen molar-refractivity contribution < 1.29 is 9.13 Å². The molecule has 2 nitrogen and oxygen atoms in total. The molecule has 0 radical (unpaired) electrons. The van der Waals surface area contributed by atoms with Crippen molar-refractivity contribution in [1.82, 2.24) is 5.32 Å². The fourth-order valence-electron chi connectivity index (χ4n) is 2.13. The van der Waals surface area contributed by atoms with Crippen molar-refractivity contribution >= 4 is 31.9 Å². The highest BCUT2D eigenvalue weighted by Crippen LogP contribution is 2.33. The third kappa shape index (κ3) is 4.28. The third-order valence-corrected chi connectivity index (χ3v) is 4.28. The van der Waals surface area contributed by atoms with E-state index in [0.717, 1.165) is 25.8 Å². The SMILES string of the molecule is COc1c(Br)cc(Br)cc1CN[C@H](C)c1cccc(F)c1. The van der Waals surface area contributed by atoms with Crippen LogP contribution in [0.1, 0.15) is 24.1 Å². The summed E-state index contributed by atoms with van der Waals surface area (Å²) in [6.45, 7) is 2.63. The van der Waals surface area contributed by atoms with Crippen molar-refractivity contribution in [3.05, 3.63) is 62.3 Å². The van der Waals surface area contributed by atoms with Gasteiger partial charge >= 0.3 is 0 Å². The number of methoxy groups -OCH3 is 1. The Hall–Kier alpha value is -0.910.